The summed E-state index contributed by atoms with van der Waals surface area (Å²) in [4.78, 5) is 22.4. The third-order valence-electron chi connectivity index (χ3n) is 3.82. The van der Waals surface area contributed by atoms with Crippen LogP contribution < -0.4 is 56.7 Å². The van der Waals surface area contributed by atoms with Crippen LogP contribution in [0.15, 0.2) is 0 Å². The molecule has 0 bridgehead atoms. The zero-order chi connectivity index (χ0) is 15.2. The van der Waals surface area contributed by atoms with E-state index in [4.69, 9.17) is 9.84 Å². The van der Waals surface area contributed by atoms with Gasteiger partial charge in [-0.05, 0) is 37.6 Å². The van der Waals surface area contributed by atoms with Crippen LogP contribution in [-0.4, -0.2) is 38.4 Å². The minimum atomic E-state index is -1.16. The van der Waals surface area contributed by atoms with Gasteiger partial charge in [0, 0.05) is 14.6 Å². The minimum absolute atomic E-state index is 0. The monoisotopic (exact) mass is 341 g/mol. The maximum atomic E-state index is 11.5. The van der Waals surface area contributed by atoms with Crippen LogP contribution in [0.25, 0.3) is 0 Å². The zero-order valence-corrected chi connectivity index (χ0v) is 17.9. The summed E-state index contributed by atoms with van der Waals surface area (Å²) in [5.74, 6) is -0.507. The summed E-state index contributed by atoms with van der Waals surface area (Å²) >= 11 is 0. The first-order valence-corrected chi connectivity index (χ1v) is 11.1. The summed E-state index contributed by atoms with van der Waals surface area (Å²) in [6, 6.07) is 0.976. The SMILES string of the molecule is C[Si](C)(C)CCOC(=O)NCC1CCC(C(=O)O)CC1.[H-].[K+]. The molecule has 1 amide bonds. The first-order valence-electron chi connectivity index (χ1n) is 7.41. The summed E-state index contributed by atoms with van der Waals surface area (Å²) in [6.07, 6.45) is 2.82. The van der Waals surface area contributed by atoms with Crippen molar-refractivity contribution in [2.45, 2.75) is 51.4 Å². The van der Waals surface area contributed by atoms with E-state index >= 15 is 0 Å². The maximum Gasteiger partial charge on any atom is 1.00 e. The molecule has 0 radical (unpaired) electrons. The molecule has 1 fully saturated rings. The number of rotatable bonds is 6. The number of aliphatic carboxylic acids is 1. The number of ether oxygens (including phenoxy) is 1. The largest absolute Gasteiger partial charge is 1.00 e. The van der Waals surface area contributed by atoms with Crippen molar-refractivity contribution in [1.29, 1.82) is 0 Å². The Bertz CT molecular complexity index is 344. The van der Waals surface area contributed by atoms with Crippen LogP contribution in [-0.2, 0) is 9.53 Å². The van der Waals surface area contributed by atoms with E-state index in [0.717, 1.165) is 18.9 Å². The topological polar surface area (TPSA) is 75.6 Å². The van der Waals surface area contributed by atoms with Crippen molar-refractivity contribution in [3.05, 3.63) is 0 Å². The average molecular weight is 342 g/mol. The molecule has 0 saturated heterocycles. The van der Waals surface area contributed by atoms with Gasteiger partial charge in [-0.1, -0.05) is 19.6 Å². The number of carbonyl (C=O) groups excluding carboxylic acids is 1. The molecule has 7 heteroatoms. The Morgan fingerprint density at radius 1 is 1.24 bits per heavy atom. The van der Waals surface area contributed by atoms with Crippen LogP contribution in [0.4, 0.5) is 4.79 Å². The van der Waals surface area contributed by atoms with Crippen LogP contribution in [0.3, 0.4) is 0 Å². The predicted octanol–water partition coefficient (Wildman–Crippen LogP) is 0.0583. The number of hydrogen-bond acceptors (Lipinski definition) is 3. The molecule has 1 aliphatic rings. The van der Waals surface area contributed by atoms with Crippen molar-refractivity contribution < 1.29 is 72.2 Å². The second-order valence-electron chi connectivity index (χ2n) is 6.88. The summed E-state index contributed by atoms with van der Waals surface area (Å²) < 4.78 is 5.16. The molecule has 0 atom stereocenters. The summed E-state index contributed by atoms with van der Waals surface area (Å²) in [5.41, 5.74) is 0. The van der Waals surface area contributed by atoms with Gasteiger partial charge in [-0.3, -0.25) is 4.79 Å². The molecule has 5 nitrogen and oxygen atoms in total. The number of carboxylic acids is 1. The molecule has 1 saturated carbocycles. The van der Waals surface area contributed by atoms with Crippen LogP contribution in [0.5, 0.6) is 0 Å². The van der Waals surface area contributed by atoms with Crippen molar-refractivity contribution >= 4 is 20.1 Å². The molecule has 1 rings (SSSR count). The molecule has 0 aliphatic heterocycles. The molecule has 2 N–H and O–H groups in total. The summed E-state index contributed by atoms with van der Waals surface area (Å²) in [7, 11) is -1.16. The standard InChI is InChI=1S/C14H27NO4Si.K.H/c1-20(2,3)9-8-19-14(18)15-10-11-4-6-12(7-5-11)13(16)17;;/h11-12H,4-10H2,1-3H3,(H,15,18)(H,16,17);;/q;+1;-1. The van der Waals surface area contributed by atoms with E-state index in [0.29, 0.717) is 31.9 Å². The van der Waals surface area contributed by atoms with Crippen molar-refractivity contribution in [3.63, 3.8) is 0 Å². The Hall–Kier alpha value is 0.593. The Balaban J connectivity index is 0. The summed E-state index contributed by atoms with van der Waals surface area (Å²) in [6.45, 7) is 7.82. The third-order valence-corrected chi connectivity index (χ3v) is 5.52. The second-order valence-corrected chi connectivity index (χ2v) is 12.5. The van der Waals surface area contributed by atoms with E-state index in [1.165, 1.54) is 0 Å². The van der Waals surface area contributed by atoms with Crippen molar-refractivity contribution in [2.75, 3.05) is 13.2 Å². The third kappa shape index (κ3) is 10.1. The quantitative estimate of drug-likeness (QED) is 0.670. The van der Waals surface area contributed by atoms with Crippen molar-refractivity contribution in [3.8, 4) is 0 Å². The van der Waals surface area contributed by atoms with E-state index in [-0.39, 0.29) is 64.8 Å². The van der Waals surface area contributed by atoms with E-state index < -0.39 is 14.0 Å². The van der Waals surface area contributed by atoms with Gasteiger partial charge in [-0.2, -0.15) is 0 Å². The number of alkyl carbamates (subject to hydrolysis) is 1. The van der Waals surface area contributed by atoms with Gasteiger partial charge in [-0.25, -0.2) is 4.79 Å². The van der Waals surface area contributed by atoms with E-state index in [1.807, 2.05) is 0 Å². The van der Waals surface area contributed by atoms with Gasteiger partial charge >= 0.3 is 63.4 Å². The van der Waals surface area contributed by atoms with Crippen molar-refractivity contribution in [1.82, 2.24) is 5.32 Å². The fourth-order valence-corrected chi connectivity index (χ4v) is 3.06. The second kappa shape index (κ2) is 10.4. The predicted molar refractivity (Wildman–Crippen MR) is 81.7 cm³/mol. The molecule has 0 aromatic heterocycles. The summed E-state index contributed by atoms with van der Waals surface area (Å²) in [5, 5.41) is 11.7. The number of amides is 1. The number of hydrogen-bond donors (Lipinski definition) is 2. The van der Waals surface area contributed by atoms with E-state index in [9.17, 15) is 9.59 Å². The van der Waals surface area contributed by atoms with E-state index in [1.54, 1.807) is 0 Å². The van der Waals surface area contributed by atoms with Crippen molar-refractivity contribution in [2.24, 2.45) is 11.8 Å². The molecule has 21 heavy (non-hydrogen) atoms. The molecule has 0 heterocycles. The first kappa shape index (κ1) is 21.6. The van der Waals surface area contributed by atoms with Gasteiger partial charge in [0.2, 0.25) is 0 Å². The minimum Gasteiger partial charge on any atom is -1.00 e. The van der Waals surface area contributed by atoms with Crippen LogP contribution in [0.2, 0.25) is 25.7 Å². The zero-order valence-electron chi connectivity index (χ0n) is 14.8. The Morgan fingerprint density at radius 3 is 2.29 bits per heavy atom. The van der Waals surface area contributed by atoms with Crippen LogP contribution in [0.1, 0.15) is 27.1 Å². The van der Waals surface area contributed by atoms with Gasteiger partial charge in [0.15, 0.2) is 0 Å². The molecule has 0 aromatic carbocycles. The van der Waals surface area contributed by atoms with Gasteiger partial charge in [-0.15, -0.1) is 0 Å². The fourth-order valence-electron chi connectivity index (χ4n) is 2.34. The van der Waals surface area contributed by atoms with Crippen LogP contribution in [0, 0.1) is 11.8 Å². The van der Waals surface area contributed by atoms with Gasteiger partial charge in [0.1, 0.15) is 0 Å². The number of carbonyl (C=O) groups is 2. The molecule has 1 aliphatic carbocycles. The number of carboxylic acid groups (broad SMARTS) is 1. The molecule has 0 aromatic rings. The van der Waals surface area contributed by atoms with Gasteiger partial charge in [0.25, 0.3) is 0 Å². The average Bonchev–Trinajstić information content (AvgIpc) is 2.35. The van der Waals surface area contributed by atoms with Gasteiger partial charge in [0.05, 0.1) is 12.5 Å². The van der Waals surface area contributed by atoms with Gasteiger partial charge < -0.3 is 16.6 Å². The Labute approximate surface area is 172 Å². The van der Waals surface area contributed by atoms with E-state index in [2.05, 4.69) is 25.0 Å². The smallest absolute Gasteiger partial charge is 1.00 e. The fraction of sp³-hybridized carbons (Fsp3) is 0.857. The molecule has 118 valence electrons. The molecular weight excluding hydrogens is 313 g/mol. The maximum absolute atomic E-state index is 11.5. The Morgan fingerprint density at radius 2 is 1.81 bits per heavy atom. The molecule has 0 unspecified atom stereocenters. The molecule has 0 spiro atoms. The molecular formula is C14H28KNO4Si. The van der Waals surface area contributed by atoms with Crippen LogP contribution >= 0.6 is 0 Å². The Kier molecular flexibility index (Phi) is 10.7. The first-order chi connectivity index (χ1) is 9.28. The normalized spacial score (nSPS) is 22.0. The number of nitrogens with one attached hydrogen (secondary N) is 1.